The van der Waals surface area contributed by atoms with Crippen LogP contribution in [0.5, 0.6) is 0 Å². The molecule has 2 fully saturated rings. The van der Waals surface area contributed by atoms with Crippen LogP contribution >= 0.6 is 36.2 Å². The Hall–Kier alpha value is -0.400. The van der Waals surface area contributed by atoms with Gasteiger partial charge in [0.15, 0.2) is 5.13 Å². The van der Waals surface area contributed by atoms with Gasteiger partial charge in [-0.25, -0.2) is 4.98 Å². The third kappa shape index (κ3) is 6.55. The lowest BCUT2D eigenvalue weighted by Crippen LogP contribution is -2.29. The van der Waals surface area contributed by atoms with Crippen LogP contribution in [0.4, 0.5) is 5.13 Å². The molecule has 0 saturated carbocycles. The van der Waals surface area contributed by atoms with Crippen LogP contribution < -0.4 is 10.6 Å². The molecular formula is C15H26Cl2N4OS. The van der Waals surface area contributed by atoms with Crippen molar-refractivity contribution in [3.63, 3.8) is 0 Å². The molecule has 132 valence electrons. The molecule has 1 amide bonds. The van der Waals surface area contributed by atoms with Crippen molar-refractivity contribution in [1.82, 2.24) is 15.2 Å². The summed E-state index contributed by atoms with van der Waals surface area (Å²) in [5, 5.41) is 9.09. The number of carbonyl (C=O) groups excluding carboxylic acids is 1. The molecule has 3 rings (SSSR count). The summed E-state index contributed by atoms with van der Waals surface area (Å²) < 4.78 is 0. The van der Waals surface area contributed by atoms with Crippen molar-refractivity contribution in [3.8, 4) is 0 Å². The van der Waals surface area contributed by atoms with Crippen molar-refractivity contribution in [3.05, 3.63) is 11.1 Å². The van der Waals surface area contributed by atoms with Crippen molar-refractivity contribution in [2.75, 3.05) is 25.0 Å². The number of hydrogen-bond donors (Lipinski definition) is 2. The van der Waals surface area contributed by atoms with E-state index in [1.165, 1.54) is 50.1 Å². The molecule has 1 unspecified atom stereocenters. The molecule has 0 aliphatic carbocycles. The van der Waals surface area contributed by atoms with Crippen LogP contribution in [0.15, 0.2) is 5.38 Å². The van der Waals surface area contributed by atoms with E-state index < -0.39 is 0 Å². The number of thiazole rings is 1. The number of piperidine rings is 1. The van der Waals surface area contributed by atoms with Gasteiger partial charge in [-0.3, -0.25) is 9.69 Å². The summed E-state index contributed by atoms with van der Waals surface area (Å²) in [7, 11) is 0. The lowest BCUT2D eigenvalue weighted by Gasteiger charge is -2.25. The van der Waals surface area contributed by atoms with Crippen LogP contribution in [-0.2, 0) is 11.3 Å². The summed E-state index contributed by atoms with van der Waals surface area (Å²) in [4.78, 5) is 19.0. The van der Waals surface area contributed by atoms with Crippen molar-refractivity contribution >= 4 is 47.2 Å². The van der Waals surface area contributed by atoms with Crippen molar-refractivity contribution in [2.45, 2.75) is 51.1 Å². The molecule has 2 aliphatic rings. The minimum absolute atomic E-state index is 0. The lowest BCUT2D eigenvalue weighted by atomic mass is 10.1. The molecule has 0 aromatic carbocycles. The van der Waals surface area contributed by atoms with Crippen LogP contribution in [0.3, 0.4) is 0 Å². The largest absolute Gasteiger partial charge is 0.313 e. The molecule has 5 nitrogen and oxygen atoms in total. The predicted molar refractivity (Wildman–Crippen MR) is 100 cm³/mol. The van der Waals surface area contributed by atoms with E-state index in [4.69, 9.17) is 0 Å². The number of nitrogens with zero attached hydrogens (tertiary/aromatic N) is 2. The van der Waals surface area contributed by atoms with Crippen LogP contribution in [0.2, 0.25) is 0 Å². The summed E-state index contributed by atoms with van der Waals surface area (Å²) in [6, 6.07) is 0.345. The minimum atomic E-state index is 0. The molecule has 0 spiro atoms. The zero-order chi connectivity index (χ0) is 14.5. The van der Waals surface area contributed by atoms with Gasteiger partial charge in [0, 0.05) is 24.4 Å². The normalized spacial score (nSPS) is 21.3. The molecule has 1 aromatic rings. The van der Waals surface area contributed by atoms with Gasteiger partial charge in [0.05, 0.1) is 5.69 Å². The molecule has 23 heavy (non-hydrogen) atoms. The van der Waals surface area contributed by atoms with Gasteiger partial charge in [-0.1, -0.05) is 6.42 Å². The number of nitrogens with one attached hydrogen (secondary N) is 2. The van der Waals surface area contributed by atoms with Gasteiger partial charge in [-0.2, -0.15) is 0 Å². The van der Waals surface area contributed by atoms with Crippen LogP contribution in [-0.4, -0.2) is 41.5 Å². The molecule has 3 heterocycles. The van der Waals surface area contributed by atoms with E-state index >= 15 is 0 Å². The zero-order valence-corrected chi connectivity index (χ0v) is 15.7. The number of amides is 1. The standard InChI is InChI=1S/C15H24N4OS.2ClH/c20-14(9-12-5-4-6-16-12)18-15-17-13(11-21-15)10-19-7-2-1-3-8-19;;/h11-12,16H,1-10H2,(H,17,18,20);2*1H. The second-order valence-corrected chi connectivity index (χ2v) is 6.88. The highest BCUT2D eigenvalue weighted by molar-refractivity contribution is 7.13. The highest BCUT2D eigenvalue weighted by Gasteiger charge is 2.18. The summed E-state index contributed by atoms with van der Waals surface area (Å²) in [6.45, 7) is 4.30. The number of hydrogen-bond acceptors (Lipinski definition) is 5. The van der Waals surface area contributed by atoms with Gasteiger partial charge in [0.25, 0.3) is 0 Å². The smallest absolute Gasteiger partial charge is 0.227 e. The summed E-state index contributed by atoms with van der Waals surface area (Å²) >= 11 is 1.53. The van der Waals surface area contributed by atoms with Gasteiger partial charge < -0.3 is 10.6 Å². The number of carbonyl (C=O) groups is 1. The molecule has 0 bridgehead atoms. The van der Waals surface area contributed by atoms with Gasteiger partial charge in [-0.05, 0) is 45.3 Å². The Morgan fingerprint density at radius 3 is 2.78 bits per heavy atom. The molecule has 2 N–H and O–H groups in total. The molecule has 1 atom stereocenters. The average Bonchev–Trinajstić information content (AvgIpc) is 3.12. The first-order chi connectivity index (χ1) is 10.3. The van der Waals surface area contributed by atoms with Gasteiger partial charge in [-0.15, -0.1) is 36.2 Å². The molecule has 0 radical (unpaired) electrons. The highest BCUT2D eigenvalue weighted by Crippen LogP contribution is 2.19. The Kier molecular flexibility index (Phi) is 9.39. The first-order valence-electron chi connectivity index (χ1n) is 7.99. The fraction of sp³-hybridized carbons (Fsp3) is 0.733. The fourth-order valence-electron chi connectivity index (χ4n) is 3.11. The second kappa shape index (κ2) is 10.5. The average molecular weight is 381 g/mol. The van der Waals surface area contributed by atoms with Crippen LogP contribution in [0, 0.1) is 0 Å². The Morgan fingerprint density at radius 1 is 1.30 bits per heavy atom. The number of rotatable bonds is 5. The van der Waals surface area contributed by atoms with E-state index in [1.807, 2.05) is 0 Å². The van der Waals surface area contributed by atoms with Crippen LogP contribution in [0.25, 0.3) is 0 Å². The number of likely N-dealkylation sites (tertiary alicyclic amines) is 1. The van der Waals surface area contributed by atoms with E-state index in [9.17, 15) is 4.79 Å². The maximum absolute atomic E-state index is 12.0. The maximum atomic E-state index is 12.0. The van der Waals surface area contributed by atoms with Crippen molar-refractivity contribution < 1.29 is 4.79 Å². The number of halogens is 2. The fourth-order valence-corrected chi connectivity index (χ4v) is 3.83. The SMILES string of the molecule is Cl.Cl.O=C(CC1CCCN1)Nc1nc(CN2CCCCC2)cs1. The molecule has 2 saturated heterocycles. The summed E-state index contributed by atoms with van der Waals surface area (Å²) in [5.41, 5.74) is 1.08. The first-order valence-corrected chi connectivity index (χ1v) is 8.87. The molecule has 1 aromatic heterocycles. The summed E-state index contributed by atoms with van der Waals surface area (Å²) in [6.07, 6.45) is 6.77. The molecule has 8 heteroatoms. The van der Waals surface area contributed by atoms with Crippen molar-refractivity contribution in [1.29, 1.82) is 0 Å². The van der Waals surface area contributed by atoms with E-state index in [1.54, 1.807) is 0 Å². The first kappa shape index (κ1) is 20.6. The quantitative estimate of drug-likeness (QED) is 0.823. The van der Waals surface area contributed by atoms with E-state index in [-0.39, 0.29) is 30.7 Å². The second-order valence-electron chi connectivity index (χ2n) is 6.03. The van der Waals surface area contributed by atoms with Gasteiger partial charge >= 0.3 is 0 Å². The van der Waals surface area contributed by atoms with Gasteiger partial charge in [0.1, 0.15) is 0 Å². The Morgan fingerprint density at radius 2 is 2.09 bits per heavy atom. The van der Waals surface area contributed by atoms with Gasteiger partial charge in [0.2, 0.25) is 5.91 Å². The number of anilines is 1. The highest BCUT2D eigenvalue weighted by atomic mass is 35.5. The maximum Gasteiger partial charge on any atom is 0.227 e. The Labute approximate surface area is 154 Å². The zero-order valence-electron chi connectivity index (χ0n) is 13.3. The van der Waals surface area contributed by atoms with E-state index in [0.29, 0.717) is 12.5 Å². The Bertz CT molecular complexity index is 474. The third-order valence-corrected chi connectivity index (χ3v) is 5.03. The minimum Gasteiger partial charge on any atom is -0.313 e. The molecular weight excluding hydrogens is 355 g/mol. The predicted octanol–water partition coefficient (Wildman–Crippen LogP) is 3.05. The van der Waals surface area contributed by atoms with E-state index in [2.05, 4.69) is 25.9 Å². The third-order valence-electron chi connectivity index (χ3n) is 4.23. The van der Waals surface area contributed by atoms with Crippen LogP contribution in [0.1, 0.15) is 44.2 Å². The lowest BCUT2D eigenvalue weighted by molar-refractivity contribution is -0.116. The monoisotopic (exact) mass is 380 g/mol. The Balaban J connectivity index is 0.00000132. The summed E-state index contributed by atoms with van der Waals surface area (Å²) in [5.74, 6) is 0.0771. The topological polar surface area (TPSA) is 57.3 Å². The number of aromatic nitrogens is 1. The van der Waals surface area contributed by atoms with Crippen molar-refractivity contribution in [2.24, 2.45) is 0 Å². The molecule has 2 aliphatic heterocycles. The van der Waals surface area contributed by atoms with E-state index in [0.717, 1.165) is 30.3 Å².